The second kappa shape index (κ2) is 5.72. The lowest BCUT2D eigenvalue weighted by atomic mass is 9.96. The zero-order chi connectivity index (χ0) is 14.8. The van der Waals surface area contributed by atoms with Crippen LogP contribution in [-0.4, -0.2) is 16.3 Å². The van der Waals surface area contributed by atoms with Crippen molar-refractivity contribution in [2.45, 2.75) is 6.54 Å². The van der Waals surface area contributed by atoms with Crippen molar-refractivity contribution in [3.8, 4) is 6.07 Å². The fraction of sp³-hybridized carbons (Fsp3) is 0.125. The fourth-order valence-electron chi connectivity index (χ4n) is 2.36. The van der Waals surface area contributed by atoms with Gasteiger partial charge in [-0.05, 0) is 18.2 Å². The molecule has 21 heavy (non-hydrogen) atoms. The summed E-state index contributed by atoms with van der Waals surface area (Å²) in [6.45, 7) is 1.04. The van der Waals surface area contributed by atoms with E-state index in [1.807, 2.05) is 36.4 Å². The maximum Gasteiger partial charge on any atom is 0.265 e. The average molecular weight is 313 g/mol. The average Bonchev–Trinajstić information content (AvgIpc) is 2.65. The van der Waals surface area contributed by atoms with Crippen LogP contribution in [0.2, 0.25) is 5.02 Å². The first-order chi connectivity index (χ1) is 10.2. The van der Waals surface area contributed by atoms with E-state index in [-0.39, 0.29) is 0 Å². The molecule has 0 aliphatic carbocycles. The summed E-state index contributed by atoms with van der Waals surface area (Å²) in [6, 6.07) is 15.3. The van der Waals surface area contributed by atoms with Gasteiger partial charge in [0.05, 0.1) is 17.3 Å². The van der Waals surface area contributed by atoms with Crippen LogP contribution in [0, 0.1) is 11.3 Å². The summed E-state index contributed by atoms with van der Waals surface area (Å²) in [4.78, 5) is 4.60. The maximum absolute atomic E-state index is 9.13. The van der Waals surface area contributed by atoms with Crippen LogP contribution in [0.5, 0.6) is 0 Å². The standard InChI is InChI=1S/C16H11ClN3S/c17-15-4-2-1-3-13(15)16-14-7-11(8-18)5-6-12(14)9-20(21)10-19-16/h1-7H,9-10H2/q+1. The highest BCUT2D eigenvalue weighted by Crippen LogP contribution is 2.25. The molecule has 1 aliphatic rings. The lowest BCUT2D eigenvalue weighted by molar-refractivity contribution is -0.512. The number of benzene rings is 2. The molecule has 102 valence electrons. The Balaban J connectivity index is 2.24. The molecule has 0 aromatic heterocycles. The molecular weight excluding hydrogens is 302 g/mol. The van der Waals surface area contributed by atoms with Gasteiger partial charge in [-0.25, -0.2) is 4.99 Å². The minimum absolute atomic E-state index is 0.423. The van der Waals surface area contributed by atoms with E-state index in [1.54, 1.807) is 10.0 Å². The van der Waals surface area contributed by atoms with E-state index >= 15 is 0 Å². The Bertz CT molecular complexity index is 805. The molecule has 0 saturated carbocycles. The highest BCUT2D eigenvalue weighted by atomic mass is 35.5. The molecule has 3 rings (SSSR count). The van der Waals surface area contributed by atoms with E-state index in [9.17, 15) is 0 Å². The molecule has 0 bridgehead atoms. The summed E-state index contributed by atoms with van der Waals surface area (Å²) in [7, 11) is 0. The highest BCUT2D eigenvalue weighted by molar-refractivity contribution is 7.44. The molecule has 1 heterocycles. The molecule has 0 fully saturated rings. The molecule has 0 radical (unpaired) electrons. The van der Waals surface area contributed by atoms with Crippen molar-refractivity contribution < 1.29 is 3.95 Å². The molecule has 1 aliphatic heterocycles. The highest BCUT2D eigenvalue weighted by Gasteiger charge is 2.21. The van der Waals surface area contributed by atoms with E-state index in [0.717, 1.165) is 22.4 Å². The van der Waals surface area contributed by atoms with Crippen molar-refractivity contribution in [2.75, 3.05) is 6.67 Å². The van der Waals surface area contributed by atoms with Gasteiger partial charge < -0.3 is 0 Å². The van der Waals surface area contributed by atoms with Gasteiger partial charge >= 0.3 is 0 Å². The summed E-state index contributed by atoms with van der Waals surface area (Å²) >= 11 is 11.6. The van der Waals surface area contributed by atoms with Crippen molar-refractivity contribution in [1.29, 1.82) is 5.26 Å². The predicted molar refractivity (Wildman–Crippen MR) is 84.4 cm³/mol. The van der Waals surface area contributed by atoms with Crippen LogP contribution in [-0.2, 0) is 19.0 Å². The first-order valence-electron chi connectivity index (χ1n) is 6.44. The van der Waals surface area contributed by atoms with Crippen molar-refractivity contribution >= 4 is 29.7 Å². The number of aliphatic imine (C=N–C) groups is 1. The van der Waals surface area contributed by atoms with Crippen LogP contribution in [0.1, 0.15) is 22.3 Å². The summed E-state index contributed by atoms with van der Waals surface area (Å²) < 4.78 is 1.72. The second-order valence-electron chi connectivity index (χ2n) is 4.75. The van der Waals surface area contributed by atoms with E-state index in [4.69, 9.17) is 29.3 Å². The van der Waals surface area contributed by atoms with Gasteiger partial charge in [-0.1, -0.05) is 35.9 Å². The topological polar surface area (TPSA) is 39.2 Å². The lowest BCUT2D eigenvalue weighted by Crippen LogP contribution is -2.07. The quantitative estimate of drug-likeness (QED) is 0.758. The third-order valence-electron chi connectivity index (χ3n) is 3.36. The lowest BCUT2D eigenvalue weighted by Gasteiger charge is -2.09. The molecule has 0 spiro atoms. The van der Waals surface area contributed by atoms with Crippen LogP contribution in [0.25, 0.3) is 0 Å². The minimum Gasteiger partial charge on any atom is -0.218 e. The summed E-state index contributed by atoms with van der Waals surface area (Å²) in [5, 5.41) is 9.77. The van der Waals surface area contributed by atoms with Crippen LogP contribution in [0.4, 0.5) is 0 Å². The monoisotopic (exact) mass is 312 g/mol. The van der Waals surface area contributed by atoms with Gasteiger partial charge in [0.2, 0.25) is 0 Å². The van der Waals surface area contributed by atoms with Crippen molar-refractivity contribution in [1.82, 2.24) is 0 Å². The first-order valence-corrected chi connectivity index (χ1v) is 7.18. The molecular formula is C16H11ClN3S+. The van der Waals surface area contributed by atoms with Crippen LogP contribution < -0.4 is 0 Å². The van der Waals surface area contributed by atoms with Crippen molar-refractivity contribution in [3.05, 3.63) is 69.7 Å². The molecule has 0 unspecified atom stereocenters. The van der Waals surface area contributed by atoms with Crippen LogP contribution in [0.3, 0.4) is 0 Å². The zero-order valence-electron chi connectivity index (χ0n) is 11.1. The first kappa shape index (κ1) is 13.9. The van der Waals surface area contributed by atoms with Gasteiger partial charge in [0, 0.05) is 21.7 Å². The number of hydrogen-bond donors (Lipinski definition) is 0. The number of halogens is 1. The Morgan fingerprint density at radius 3 is 2.76 bits per heavy atom. The van der Waals surface area contributed by atoms with Crippen molar-refractivity contribution in [2.24, 2.45) is 4.99 Å². The second-order valence-corrected chi connectivity index (χ2v) is 5.68. The number of hydrogen-bond acceptors (Lipinski definition) is 3. The molecule has 0 atom stereocenters. The van der Waals surface area contributed by atoms with Crippen molar-refractivity contribution in [3.63, 3.8) is 0 Å². The van der Waals surface area contributed by atoms with Crippen LogP contribution >= 0.6 is 11.6 Å². The number of rotatable bonds is 1. The van der Waals surface area contributed by atoms with Gasteiger partial charge in [0.25, 0.3) is 19.1 Å². The predicted octanol–water partition coefficient (Wildman–Crippen LogP) is 3.26. The Morgan fingerprint density at radius 2 is 2.00 bits per heavy atom. The van der Waals surface area contributed by atoms with Crippen LogP contribution in [0.15, 0.2) is 47.5 Å². The number of nitriles is 1. The Hall–Kier alpha value is -2.09. The Labute approximate surface area is 133 Å². The fourth-order valence-corrected chi connectivity index (χ4v) is 2.78. The third kappa shape index (κ3) is 2.71. The SMILES string of the molecule is N#Cc1ccc2c(c1)C(c1ccccc1Cl)=NC[N+](=S)C2. The molecule has 3 nitrogen and oxygen atoms in total. The molecule has 0 amide bonds. The zero-order valence-corrected chi connectivity index (χ0v) is 12.7. The molecule has 2 aromatic rings. The van der Waals surface area contributed by atoms with Gasteiger partial charge in [0.15, 0.2) is 6.54 Å². The smallest absolute Gasteiger partial charge is 0.218 e. The number of nitrogens with zero attached hydrogens (tertiary/aromatic N) is 3. The van der Waals surface area contributed by atoms with E-state index < -0.39 is 0 Å². The maximum atomic E-state index is 9.13. The van der Waals surface area contributed by atoms with E-state index in [0.29, 0.717) is 23.8 Å². The summed E-state index contributed by atoms with van der Waals surface area (Å²) in [5.74, 6) is 0. The third-order valence-corrected chi connectivity index (χ3v) is 3.93. The molecule has 2 aromatic carbocycles. The van der Waals surface area contributed by atoms with E-state index in [2.05, 4.69) is 11.1 Å². The number of fused-ring (bicyclic) bond motifs is 1. The molecule has 5 heteroatoms. The summed E-state index contributed by atoms with van der Waals surface area (Å²) in [5.41, 5.74) is 4.24. The van der Waals surface area contributed by atoms with Gasteiger partial charge in [-0.15, -0.1) is 3.95 Å². The Morgan fingerprint density at radius 1 is 1.19 bits per heavy atom. The van der Waals surface area contributed by atoms with Gasteiger partial charge in [0.1, 0.15) is 0 Å². The Kier molecular flexibility index (Phi) is 3.78. The largest absolute Gasteiger partial charge is 0.265 e. The minimum atomic E-state index is 0.423. The van der Waals surface area contributed by atoms with E-state index in [1.165, 1.54) is 0 Å². The molecule has 0 N–H and O–H groups in total. The van der Waals surface area contributed by atoms with Gasteiger partial charge in [-0.3, -0.25) is 0 Å². The summed E-state index contributed by atoms with van der Waals surface area (Å²) in [6.07, 6.45) is 0. The van der Waals surface area contributed by atoms with Gasteiger partial charge in [-0.2, -0.15) is 5.26 Å². The normalized spacial score (nSPS) is 13.9. The molecule has 0 saturated heterocycles.